The van der Waals surface area contributed by atoms with E-state index in [0.717, 1.165) is 29.8 Å². The Morgan fingerprint density at radius 2 is 2.16 bits per heavy atom. The molecule has 1 aromatic heterocycles. The van der Waals surface area contributed by atoms with Crippen LogP contribution in [0.2, 0.25) is 0 Å². The number of hydrogen-bond donors (Lipinski definition) is 1. The molecule has 0 radical (unpaired) electrons. The summed E-state index contributed by atoms with van der Waals surface area (Å²) in [6, 6.07) is 7.80. The highest BCUT2D eigenvalue weighted by Gasteiger charge is 2.47. The number of carboxylic acid groups (broad SMARTS) is 1. The zero-order valence-electron chi connectivity index (χ0n) is 10.7. The molecular weight excluding hydrogens is 242 g/mol. The molecule has 5 heteroatoms. The third-order valence-electron chi connectivity index (χ3n) is 3.64. The molecule has 1 fully saturated rings. The lowest BCUT2D eigenvalue weighted by atomic mass is 9.91. The van der Waals surface area contributed by atoms with Crippen LogP contribution in [0.1, 0.15) is 30.5 Å². The van der Waals surface area contributed by atoms with E-state index in [1.165, 1.54) is 0 Å². The van der Waals surface area contributed by atoms with E-state index in [1.807, 2.05) is 31.2 Å². The average Bonchev–Trinajstić information content (AvgIpc) is 3.01. The van der Waals surface area contributed by atoms with Gasteiger partial charge in [0.15, 0.2) is 0 Å². The molecule has 0 spiro atoms. The summed E-state index contributed by atoms with van der Waals surface area (Å²) < 4.78 is 0. The SMILES string of the molecule is Cc1cnn(-c2ccccc2C2(CC(=O)O)CC2)n1. The van der Waals surface area contributed by atoms with Crippen LogP contribution >= 0.6 is 0 Å². The molecule has 19 heavy (non-hydrogen) atoms. The minimum Gasteiger partial charge on any atom is -0.481 e. The fourth-order valence-electron chi connectivity index (χ4n) is 2.53. The predicted molar refractivity (Wildman–Crippen MR) is 69.3 cm³/mol. The molecule has 2 aromatic rings. The Morgan fingerprint density at radius 3 is 2.74 bits per heavy atom. The third kappa shape index (κ3) is 2.12. The van der Waals surface area contributed by atoms with Gasteiger partial charge in [0.1, 0.15) is 0 Å². The highest BCUT2D eigenvalue weighted by Crippen LogP contribution is 2.52. The highest BCUT2D eigenvalue weighted by atomic mass is 16.4. The van der Waals surface area contributed by atoms with Gasteiger partial charge in [-0.2, -0.15) is 15.0 Å². The maximum atomic E-state index is 11.0. The van der Waals surface area contributed by atoms with Crippen molar-refractivity contribution in [2.24, 2.45) is 0 Å². The highest BCUT2D eigenvalue weighted by molar-refractivity contribution is 5.71. The summed E-state index contributed by atoms with van der Waals surface area (Å²) >= 11 is 0. The minimum atomic E-state index is -0.753. The lowest BCUT2D eigenvalue weighted by molar-refractivity contribution is -0.137. The van der Waals surface area contributed by atoms with Crippen molar-refractivity contribution in [1.82, 2.24) is 15.0 Å². The average molecular weight is 257 g/mol. The molecule has 1 N–H and O–H groups in total. The van der Waals surface area contributed by atoms with Gasteiger partial charge in [0.2, 0.25) is 0 Å². The quantitative estimate of drug-likeness (QED) is 0.910. The van der Waals surface area contributed by atoms with Gasteiger partial charge in [-0.25, -0.2) is 0 Å². The van der Waals surface area contributed by atoms with E-state index in [9.17, 15) is 4.79 Å². The van der Waals surface area contributed by atoms with Crippen LogP contribution in [-0.4, -0.2) is 26.1 Å². The molecule has 0 atom stereocenters. The van der Waals surface area contributed by atoms with Gasteiger partial charge in [-0.1, -0.05) is 18.2 Å². The van der Waals surface area contributed by atoms with Crippen molar-refractivity contribution in [1.29, 1.82) is 0 Å². The van der Waals surface area contributed by atoms with Gasteiger partial charge < -0.3 is 5.11 Å². The molecule has 3 rings (SSSR count). The van der Waals surface area contributed by atoms with Crippen molar-refractivity contribution in [3.8, 4) is 5.69 Å². The van der Waals surface area contributed by atoms with Gasteiger partial charge in [0.25, 0.3) is 0 Å². The number of nitrogens with zero attached hydrogens (tertiary/aromatic N) is 3. The smallest absolute Gasteiger partial charge is 0.304 e. The van der Waals surface area contributed by atoms with E-state index in [4.69, 9.17) is 5.11 Å². The number of rotatable bonds is 4. The molecule has 0 bridgehead atoms. The lowest BCUT2D eigenvalue weighted by Gasteiger charge is -2.16. The Labute approximate surface area is 110 Å². The number of aromatic nitrogens is 3. The summed E-state index contributed by atoms with van der Waals surface area (Å²) in [5, 5.41) is 17.6. The summed E-state index contributed by atoms with van der Waals surface area (Å²) in [5.74, 6) is -0.753. The van der Waals surface area contributed by atoms with E-state index in [0.29, 0.717) is 0 Å². The molecule has 1 aromatic carbocycles. The molecular formula is C14H15N3O2. The second-order valence-electron chi connectivity index (χ2n) is 5.14. The molecule has 0 saturated heterocycles. The lowest BCUT2D eigenvalue weighted by Crippen LogP contribution is -2.16. The van der Waals surface area contributed by atoms with Crippen molar-refractivity contribution in [3.05, 3.63) is 41.7 Å². The summed E-state index contributed by atoms with van der Waals surface area (Å²) in [4.78, 5) is 12.6. The van der Waals surface area contributed by atoms with Gasteiger partial charge in [-0.05, 0) is 31.4 Å². The van der Waals surface area contributed by atoms with E-state index in [1.54, 1.807) is 11.0 Å². The van der Waals surface area contributed by atoms with E-state index >= 15 is 0 Å². The van der Waals surface area contributed by atoms with Crippen molar-refractivity contribution in [2.45, 2.75) is 31.6 Å². The Bertz CT molecular complexity index is 629. The first kappa shape index (κ1) is 11.9. The summed E-state index contributed by atoms with van der Waals surface area (Å²) in [5.41, 5.74) is 2.53. The van der Waals surface area contributed by atoms with Gasteiger partial charge in [-0.15, -0.1) is 0 Å². The Hall–Kier alpha value is -2.17. The van der Waals surface area contributed by atoms with Crippen LogP contribution < -0.4 is 0 Å². The summed E-state index contributed by atoms with van der Waals surface area (Å²) in [7, 11) is 0. The molecule has 1 heterocycles. The summed E-state index contributed by atoms with van der Waals surface area (Å²) in [6.07, 6.45) is 3.70. The van der Waals surface area contributed by atoms with Crippen molar-refractivity contribution in [3.63, 3.8) is 0 Å². The molecule has 5 nitrogen and oxygen atoms in total. The first-order valence-electron chi connectivity index (χ1n) is 6.31. The van der Waals surface area contributed by atoms with Crippen LogP contribution in [-0.2, 0) is 10.2 Å². The van der Waals surface area contributed by atoms with Crippen LogP contribution in [0.25, 0.3) is 5.69 Å². The molecule has 0 unspecified atom stereocenters. The van der Waals surface area contributed by atoms with E-state index < -0.39 is 5.97 Å². The Balaban J connectivity index is 2.05. The molecule has 98 valence electrons. The number of carbonyl (C=O) groups is 1. The first-order chi connectivity index (χ1) is 9.11. The monoisotopic (exact) mass is 257 g/mol. The van der Waals surface area contributed by atoms with Crippen LogP contribution in [0.5, 0.6) is 0 Å². The minimum absolute atomic E-state index is 0.171. The summed E-state index contributed by atoms with van der Waals surface area (Å²) in [6.45, 7) is 1.89. The molecule has 1 aliphatic rings. The third-order valence-corrected chi connectivity index (χ3v) is 3.64. The number of carboxylic acids is 1. The molecule has 0 aliphatic heterocycles. The van der Waals surface area contributed by atoms with Gasteiger partial charge in [0, 0.05) is 5.41 Å². The van der Waals surface area contributed by atoms with Crippen LogP contribution in [0.4, 0.5) is 0 Å². The predicted octanol–water partition coefficient (Wildman–Crippen LogP) is 2.08. The van der Waals surface area contributed by atoms with Gasteiger partial charge in [0.05, 0.1) is 24.0 Å². The molecule has 0 amide bonds. The normalized spacial score (nSPS) is 16.3. The zero-order valence-corrected chi connectivity index (χ0v) is 10.7. The van der Waals surface area contributed by atoms with Gasteiger partial charge in [-0.3, -0.25) is 4.79 Å². The molecule has 1 saturated carbocycles. The Kier molecular flexibility index (Phi) is 2.62. The fraction of sp³-hybridized carbons (Fsp3) is 0.357. The van der Waals surface area contributed by atoms with Gasteiger partial charge >= 0.3 is 5.97 Å². The van der Waals surface area contributed by atoms with Crippen LogP contribution in [0.15, 0.2) is 30.5 Å². The number of benzene rings is 1. The molecule has 1 aliphatic carbocycles. The van der Waals surface area contributed by atoms with E-state index in [-0.39, 0.29) is 11.8 Å². The van der Waals surface area contributed by atoms with Crippen molar-refractivity contribution >= 4 is 5.97 Å². The van der Waals surface area contributed by atoms with Crippen LogP contribution in [0.3, 0.4) is 0 Å². The second-order valence-corrected chi connectivity index (χ2v) is 5.14. The fourth-order valence-corrected chi connectivity index (χ4v) is 2.53. The van der Waals surface area contributed by atoms with Crippen molar-refractivity contribution in [2.75, 3.05) is 0 Å². The zero-order chi connectivity index (χ0) is 13.5. The van der Waals surface area contributed by atoms with E-state index in [2.05, 4.69) is 10.2 Å². The standard InChI is InChI=1S/C14H15N3O2/c1-10-9-15-17(16-10)12-5-3-2-4-11(12)14(6-7-14)8-13(18)19/h2-5,9H,6-8H2,1H3,(H,18,19). The number of para-hydroxylation sites is 1. The number of hydrogen-bond acceptors (Lipinski definition) is 3. The first-order valence-corrected chi connectivity index (χ1v) is 6.31. The maximum absolute atomic E-state index is 11.0. The van der Waals surface area contributed by atoms with Crippen molar-refractivity contribution < 1.29 is 9.90 Å². The Morgan fingerprint density at radius 1 is 1.42 bits per heavy atom. The number of aryl methyl sites for hydroxylation is 1. The largest absolute Gasteiger partial charge is 0.481 e. The maximum Gasteiger partial charge on any atom is 0.304 e. The van der Waals surface area contributed by atoms with Crippen LogP contribution in [0, 0.1) is 6.92 Å². The topological polar surface area (TPSA) is 68.0 Å². The number of aliphatic carboxylic acids is 1. The second kappa shape index (κ2) is 4.19.